The van der Waals surface area contributed by atoms with Crippen LogP contribution in [0.1, 0.15) is 44.9 Å². The van der Waals surface area contributed by atoms with Crippen molar-refractivity contribution in [1.82, 2.24) is 0 Å². The van der Waals surface area contributed by atoms with Crippen LogP contribution in [0.15, 0.2) is 71.3 Å². The summed E-state index contributed by atoms with van der Waals surface area (Å²) in [6, 6.07) is 6.49. The van der Waals surface area contributed by atoms with Gasteiger partial charge in [0.15, 0.2) is 0 Å². The molecule has 190 valence electrons. The maximum atomic E-state index is 12.8. The average molecular weight is 516 g/mol. The number of amides is 2. The van der Waals surface area contributed by atoms with Crippen LogP contribution in [0.25, 0.3) is 0 Å². The van der Waals surface area contributed by atoms with Crippen LogP contribution < -0.4 is 20.3 Å². The van der Waals surface area contributed by atoms with E-state index in [1.54, 1.807) is 11.3 Å². The molecule has 0 unspecified atom stereocenters. The van der Waals surface area contributed by atoms with Gasteiger partial charge in [0.1, 0.15) is 10.8 Å². The van der Waals surface area contributed by atoms with E-state index < -0.39 is 12.4 Å². The second-order valence-corrected chi connectivity index (χ2v) is 10.3. The van der Waals surface area contributed by atoms with Crippen LogP contribution in [0.4, 0.5) is 34.3 Å². The van der Waals surface area contributed by atoms with E-state index in [1.807, 2.05) is 11.4 Å². The number of hydrogen-bond donors (Lipinski definition) is 2. The molecular formula is C27H28F3N3O2S. The first-order valence-electron chi connectivity index (χ1n) is 12.2. The van der Waals surface area contributed by atoms with Crippen molar-refractivity contribution in [2.75, 3.05) is 22.1 Å². The number of urea groups is 1. The third kappa shape index (κ3) is 5.31. The fraction of sp³-hybridized carbons (Fsp3) is 0.370. The van der Waals surface area contributed by atoms with Crippen LogP contribution in [0.5, 0.6) is 5.75 Å². The number of nitrogens with zero attached hydrogens (tertiary/aromatic N) is 1. The van der Waals surface area contributed by atoms with Crippen LogP contribution in [-0.2, 0) is 0 Å². The number of halogens is 3. The van der Waals surface area contributed by atoms with E-state index >= 15 is 0 Å². The zero-order valence-corrected chi connectivity index (χ0v) is 20.6. The number of alkyl halides is 3. The second kappa shape index (κ2) is 10.0. The van der Waals surface area contributed by atoms with E-state index in [2.05, 4.69) is 44.6 Å². The molecule has 2 aliphatic carbocycles. The molecular weight excluding hydrogens is 487 g/mol. The van der Waals surface area contributed by atoms with Crippen LogP contribution in [0.2, 0.25) is 0 Å². The van der Waals surface area contributed by atoms with Gasteiger partial charge in [0.05, 0.1) is 5.69 Å². The summed E-state index contributed by atoms with van der Waals surface area (Å²) in [4.78, 5) is 15.1. The van der Waals surface area contributed by atoms with Gasteiger partial charge in [0.2, 0.25) is 0 Å². The Bertz CT molecular complexity index is 1190. The highest BCUT2D eigenvalue weighted by atomic mass is 32.1. The third-order valence-corrected chi connectivity index (χ3v) is 7.99. The van der Waals surface area contributed by atoms with E-state index in [-0.39, 0.29) is 11.2 Å². The van der Waals surface area contributed by atoms with Crippen molar-refractivity contribution in [3.05, 3.63) is 71.3 Å². The molecule has 0 saturated heterocycles. The number of carbonyl (C=O) groups excluding carboxylic acids is 1. The van der Waals surface area contributed by atoms with Crippen molar-refractivity contribution in [2.45, 2.75) is 51.3 Å². The minimum atomic E-state index is -4.76. The summed E-state index contributed by atoms with van der Waals surface area (Å²) >= 11 is 1.59. The number of carbonyl (C=O) groups is 1. The van der Waals surface area contributed by atoms with Crippen molar-refractivity contribution in [2.24, 2.45) is 5.41 Å². The molecule has 1 fully saturated rings. The minimum Gasteiger partial charge on any atom is -0.406 e. The molecule has 2 heterocycles. The molecule has 5 nitrogen and oxygen atoms in total. The SMILES string of the molecule is O=C(Nc1ccc(OC(F)(F)F)cc1)Nc1ccsc1N1CC2(CCCCC2)C2=C1/C=C\C=C/CC2. The summed E-state index contributed by atoms with van der Waals surface area (Å²) in [5.41, 5.74) is 4.04. The zero-order valence-electron chi connectivity index (χ0n) is 19.7. The number of hydrogen-bond acceptors (Lipinski definition) is 4. The summed E-state index contributed by atoms with van der Waals surface area (Å²) in [6.07, 6.45) is 12.1. The molecule has 1 aliphatic heterocycles. The van der Waals surface area contributed by atoms with Gasteiger partial charge in [-0.3, -0.25) is 0 Å². The molecule has 0 radical (unpaired) electrons. The fourth-order valence-electron chi connectivity index (χ4n) is 5.55. The largest absolute Gasteiger partial charge is 0.573 e. The number of benzene rings is 1. The van der Waals surface area contributed by atoms with Crippen molar-refractivity contribution in [3.63, 3.8) is 0 Å². The zero-order chi connectivity index (χ0) is 25.2. The molecule has 5 rings (SSSR count). The average Bonchev–Trinajstić information content (AvgIpc) is 3.36. The Kier molecular flexibility index (Phi) is 6.83. The van der Waals surface area contributed by atoms with Crippen LogP contribution in [-0.4, -0.2) is 18.9 Å². The number of rotatable bonds is 4. The Morgan fingerprint density at radius 3 is 2.56 bits per heavy atom. The van der Waals surface area contributed by atoms with E-state index in [0.29, 0.717) is 11.4 Å². The van der Waals surface area contributed by atoms with Gasteiger partial charge in [-0.15, -0.1) is 24.5 Å². The first-order valence-corrected chi connectivity index (χ1v) is 13.1. The van der Waals surface area contributed by atoms with Crippen LogP contribution in [0, 0.1) is 5.41 Å². The molecule has 9 heteroatoms. The van der Waals surface area contributed by atoms with Gasteiger partial charge in [0, 0.05) is 23.3 Å². The summed E-state index contributed by atoms with van der Waals surface area (Å²) in [5, 5.41) is 8.57. The molecule has 36 heavy (non-hydrogen) atoms. The number of nitrogens with one attached hydrogen (secondary N) is 2. The smallest absolute Gasteiger partial charge is 0.406 e. The summed E-state index contributed by atoms with van der Waals surface area (Å²) in [6.45, 7) is 0.916. The summed E-state index contributed by atoms with van der Waals surface area (Å²) < 4.78 is 41.0. The molecule has 0 atom stereocenters. The third-order valence-electron chi connectivity index (χ3n) is 7.06. The monoisotopic (exact) mass is 515 g/mol. The van der Waals surface area contributed by atoms with Gasteiger partial charge < -0.3 is 20.3 Å². The summed E-state index contributed by atoms with van der Waals surface area (Å²) in [5.74, 6) is -0.342. The number of ether oxygens (including phenoxy) is 1. The van der Waals surface area contributed by atoms with E-state index in [1.165, 1.54) is 55.5 Å². The maximum Gasteiger partial charge on any atom is 0.573 e. The highest BCUT2D eigenvalue weighted by Gasteiger charge is 2.45. The maximum absolute atomic E-state index is 12.8. The van der Waals surface area contributed by atoms with Crippen molar-refractivity contribution in [1.29, 1.82) is 0 Å². The van der Waals surface area contributed by atoms with Gasteiger partial charge in [-0.1, -0.05) is 37.5 Å². The molecule has 2 N–H and O–H groups in total. The number of anilines is 3. The molecule has 1 aromatic carbocycles. The van der Waals surface area contributed by atoms with Crippen LogP contribution in [0.3, 0.4) is 0 Å². The lowest BCUT2D eigenvalue weighted by atomic mass is 9.69. The van der Waals surface area contributed by atoms with Crippen molar-refractivity contribution >= 4 is 33.7 Å². The van der Waals surface area contributed by atoms with Crippen molar-refractivity contribution < 1.29 is 22.7 Å². The Hall–Kier alpha value is -3.20. The Morgan fingerprint density at radius 1 is 1.03 bits per heavy atom. The molecule has 2 amide bonds. The molecule has 0 bridgehead atoms. The first kappa shape index (κ1) is 24.5. The Labute approximate surface area is 212 Å². The van der Waals surface area contributed by atoms with Crippen molar-refractivity contribution in [3.8, 4) is 5.75 Å². The molecule has 1 aromatic heterocycles. The van der Waals surface area contributed by atoms with E-state index in [9.17, 15) is 18.0 Å². The molecule has 2 aromatic rings. The van der Waals surface area contributed by atoms with Gasteiger partial charge in [-0.2, -0.15) is 0 Å². The Morgan fingerprint density at radius 2 is 1.81 bits per heavy atom. The van der Waals surface area contributed by atoms with Gasteiger partial charge in [-0.05, 0) is 73.0 Å². The molecule has 1 saturated carbocycles. The lowest BCUT2D eigenvalue weighted by molar-refractivity contribution is -0.274. The lowest BCUT2D eigenvalue weighted by Gasteiger charge is -2.36. The molecule has 1 spiro atoms. The Balaban J connectivity index is 1.33. The van der Waals surface area contributed by atoms with E-state index in [4.69, 9.17) is 0 Å². The number of fused-ring (bicyclic) bond motifs is 1. The predicted molar refractivity (Wildman–Crippen MR) is 137 cm³/mol. The van der Waals surface area contributed by atoms with Gasteiger partial charge >= 0.3 is 12.4 Å². The molecule has 3 aliphatic rings. The predicted octanol–water partition coefficient (Wildman–Crippen LogP) is 8.22. The summed E-state index contributed by atoms with van der Waals surface area (Å²) in [7, 11) is 0. The second-order valence-electron chi connectivity index (χ2n) is 9.41. The topological polar surface area (TPSA) is 53.6 Å². The minimum absolute atomic E-state index is 0.187. The van der Waals surface area contributed by atoms with E-state index in [0.717, 1.165) is 36.5 Å². The highest BCUT2D eigenvalue weighted by Crippen LogP contribution is 2.54. The highest BCUT2D eigenvalue weighted by molar-refractivity contribution is 7.15. The van der Waals surface area contributed by atoms with Gasteiger partial charge in [-0.25, -0.2) is 4.79 Å². The number of thiophene rings is 1. The quantitative estimate of drug-likeness (QED) is 0.431. The first-order chi connectivity index (χ1) is 17.3. The fourth-order valence-corrected chi connectivity index (χ4v) is 6.42. The normalized spacial score (nSPS) is 20.9. The lowest BCUT2D eigenvalue weighted by Crippen LogP contribution is -2.32. The standard InChI is InChI=1S/C27H28F3N3O2S/c28-27(29,30)35-20-12-10-19(11-13-20)31-25(34)32-22-14-17-36-24(22)33-18-26(15-6-3-7-16-26)21-8-4-1-2-5-9-23(21)33/h1-2,5,9-14,17H,3-4,6-8,15-16,18H2,(H2,31,32,34)/b2-1-,9-5-. The number of allylic oxidation sites excluding steroid dienone is 4. The van der Waals surface area contributed by atoms with Crippen LogP contribution >= 0.6 is 11.3 Å². The van der Waals surface area contributed by atoms with Gasteiger partial charge in [0.25, 0.3) is 0 Å².